The van der Waals surface area contributed by atoms with E-state index in [2.05, 4.69) is 57.0 Å². The fraction of sp³-hybridized carbons (Fsp3) is 0.833. The molecule has 0 aliphatic heterocycles. The molecule has 0 spiro atoms. The van der Waals surface area contributed by atoms with E-state index in [9.17, 15) is 0 Å². The van der Waals surface area contributed by atoms with Crippen LogP contribution >= 0.6 is 0 Å². The number of hydrogen-bond donors (Lipinski definition) is 1. The van der Waals surface area contributed by atoms with Crippen molar-refractivity contribution in [2.24, 2.45) is 11.3 Å². The summed E-state index contributed by atoms with van der Waals surface area (Å²) in [6.45, 7) is 9.34. The molecular weight excluding hydrogens is 258 g/mol. The molecule has 1 aromatic rings. The molecule has 0 saturated heterocycles. The highest BCUT2D eigenvalue weighted by Crippen LogP contribution is 2.44. The van der Waals surface area contributed by atoms with Crippen LogP contribution in [0.25, 0.3) is 0 Å². The molecule has 0 aromatic carbocycles. The fourth-order valence-electron chi connectivity index (χ4n) is 4.12. The molecule has 21 heavy (non-hydrogen) atoms. The molecule has 1 N–H and O–H groups in total. The molecule has 0 radical (unpaired) electrons. The highest BCUT2D eigenvalue weighted by Gasteiger charge is 2.39. The molecule has 0 amide bonds. The first-order valence-electron chi connectivity index (χ1n) is 8.73. The highest BCUT2D eigenvalue weighted by atomic mass is 15.3. The smallest absolute Gasteiger partial charge is 0.0640 e. The summed E-state index contributed by atoms with van der Waals surface area (Å²) in [7, 11) is 2.11. The average molecular weight is 291 g/mol. The zero-order valence-electron chi connectivity index (χ0n) is 14.5. The predicted molar refractivity (Wildman–Crippen MR) is 89.5 cm³/mol. The molecule has 2 atom stereocenters. The van der Waals surface area contributed by atoms with Crippen molar-refractivity contribution in [3.63, 3.8) is 0 Å². The monoisotopic (exact) mass is 291 g/mol. The van der Waals surface area contributed by atoms with Gasteiger partial charge in [0.25, 0.3) is 0 Å². The first-order valence-corrected chi connectivity index (χ1v) is 8.73. The Labute approximate surface area is 130 Å². The zero-order valence-corrected chi connectivity index (χ0v) is 14.5. The van der Waals surface area contributed by atoms with Gasteiger partial charge in [-0.05, 0) is 50.1 Å². The third-order valence-corrected chi connectivity index (χ3v) is 5.61. The number of nitrogens with one attached hydrogen (secondary N) is 1. The summed E-state index contributed by atoms with van der Waals surface area (Å²) < 4.78 is 2.17. The van der Waals surface area contributed by atoms with Crippen LogP contribution < -0.4 is 5.32 Å². The molecular formula is C18H33N3. The van der Waals surface area contributed by atoms with Gasteiger partial charge in [-0.3, -0.25) is 4.68 Å². The van der Waals surface area contributed by atoms with Crippen LogP contribution in [-0.2, 0) is 6.42 Å². The van der Waals surface area contributed by atoms with Gasteiger partial charge in [-0.25, -0.2) is 0 Å². The molecule has 1 saturated carbocycles. The Hall–Kier alpha value is -0.830. The maximum atomic E-state index is 4.84. The lowest BCUT2D eigenvalue weighted by atomic mass is 9.76. The van der Waals surface area contributed by atoms with Gasteiger partial charge in [0.2, 0.25) is 0 Å². The van der Waals surface area contributed by atoms with Crippen molar-refractivity contribution >= 4 is 0 Å². The van der Waals surface area contributed by atoms with Crippen molar-refractivity contribution in [1.29, 1.82) is 0 Å². The van der Waals surface area contributed by atoms with Crippen molar-refractivity contribution in [1.82, 2.24) is 15.1 Å². The van der Waals surface area contributed by atoms with Crippen LogP contribution in [0, 0.1) is 11.3 Å². The van der Waals surface area contributed by atoms with Crippen LogP contribution in [0.4, 0.5) is 0 Å². The van der Waals surface area contributed by atoms with Gasteiger partial charge in [0.05, 0.1) is 11.7 Å². The lowest BCUT2D eigenvalue weighted by Gasteiger charge is -2.33. The van der Waals surface area contributed by atoms with E-state index in [4.69, 9.17) is 5.10 Å². The van der Waals surface area contributed by atoms with Gasteiger partial charge in [-0.15, -0.1) is 0 Å². The Balaban J connectivity index is 2.05. The van der Waals surface area contributed by atoms with E-state index in [-0.39, 0.29) is 0 Å². The Morgan fingerprint density at radius 3 is 2.62 bits per heavy atom. The third kappa shape index (κ3) is 3.68. The van der Waals surface area contributed by atoms with E-state index in [0.29, 0.717) is 17.5 Å². The second-order valence-electron chi connectivity index (χ2n) is 7.34. The van der Waals surface area contributed by atoms with Crippen molar-refractivity contribution in [3.05, 3.63) is 18.0 Å². The normalized spacial score (nSPS) is 22.9. The molecule has 1 aromatic heterocycles. The topological polar surface area (TPSA) is 29.9 Å². The van der Waals surface area contributed by atoms with Crippen LogP contribution in [0.5, 0.6) is 0 Å². The first kappa shape index (κ1) is 16.5. The maximum Gasteiger partial charge on any atom is 0.0640 e. The average Bonchev–Trinajstić information content (AvgIpc) is 3.04. The summed E-state index contributed by atoms with van der Waals surface area (Å²) in [6.07, 6.45) is 9.62. The number of aromatic nitrogens is 2. The number of nitrogens with zero attached hydrogens (tertiary/aromatic N) is 2. The molecule has 1 fully saturated rings. The van der Waals surface area contributed by atoms with Crippen molar-refractivity contribution < 1.29 is 0 Å². The Kier molecular flexibility index (Phi) is 5.48. The Morgan fingerprint density at radius 2 is 2.10 bits per heavy atom. The van der Waals surface area contributed by atoms with Gasteiger partial charge in [0, 0.05) is 18.7 Å². The summed E-state index contributed by atoms with van der Waals surface area (Å²) in [4.78, 5) is 0. The summed E-state index contributed by atoms with van der Waals surface area (Å²) in [5.74, 6) is 0.765. The van der Waals surface area contributed by atoms with E-state index in [1.165, 1.54) is 25.0 Å². The lowest BCUT2D eigenvalue weighted by molar-refractivity contribution is 0.200. The minimum Gasteiger partial charge on any atom is -0.316 e. The van der Waals surface area contributed by atoms with Crippen LogP contribution in [-0.4, -0.2) is 22.9 Å². The van der Waals surface area contributed by atoms with Gasteiger partial charge in [0.1, 0.15) is 0 Å². The fourth-order valence-corrected chi connectivity index (χ4v) is 4.12. The quantitative estimate of drug-likeness (QED) is 0.816. The van der Waals surface area contributed by atoms with Crippen molar-refractivity contribution in [2.75, 3.05) is 7.05 Å². The van der Waals surface area contributed by atoms with Gasteiger partial charge in [-0.1, -0.05) is 34.1 Å². The Bertz CT molecular complexity index is 431. The molecule has 0 bridgehead atoms. The van der Waals surface area contributed by atoms with Crippen LogP contribution in [0.3, 0.4) is 0 Å². The number of hydrogen-bond acceptors (Lipinski definition) is 2. The SMILES string of the molecule is CCC(CC)n1ccc(CC(NC)C2CCCC2(C)C)n1. The minimum absolute atomic E-state index is 0.464. The second-order valence-corrected chi connectivity index (χ2v) is 7.34. The maximum absolute atomic E-state index is 4.84. The number of likely N-dealkylation sites (N-methyl/N-ethyl adjacent to an activating group) is 1. The van der Waals surface area contributed by atoms with Crippen molar-refractivity contribution in [2.45, 2.75) is 78.3 Å². The molecule has 2 unspecified atom stereocenters. The van der Waals surface area contributed by atoms with Crippen LogP contribution in [0.1, 0.15) is 71.5 Å². The van der Waals surface area contributed by atoms with Crippen LogP contribution in [0.15, 0.2) is 12.3 Å². The summed E-state index contributed by atoms with van der Waals surface area (Å²) in [5, 5.41) is 8.40. The predicted octanol–water partition coefficient (Wildman–Crippen LogP) is 4.20. The highest BCUT2D eigenvalue weighted by molar-refractivity contribution is 5.05. The zero-order chi connectivity index (χ0) is 15.5. The van der Waals surface area contributed by atoms with Crippen LogP contribution in [0.2, 0.25) is 0 Å². The first-order chi connectivity index (χ1) is 10.0. The molecule has 2 rings (SSSR count). The molecule has 1 heterocycles. The Morgan fingerprint density at radius 1 is 1.38 bits per heavy atom. The third-order valence-electron chi connectivity index (χ3n) is 5.61. The van der Waals surface area contributed by atoms with E-state index in [0.717, 1.165) is 25.2 Å². The minimum atomic E-state index is 0.464. The lowest BCUT2D eigenvalue weighted by Crippen LogP contribution is -2.40. The molecule has 3 nitrogen and oxygen atoms in total. The molecule has 1 aliphatic rings. The summed E-state index contributed by atoms with van der Waals surface area (Å²) >= 11 is 0. The van der Waals surface area contributed by atoms with Gasteiger partial charge in [0.15, 0.2) is 0 Å². The van der Waals surface area contributed by atoms with Gasteiger partial charge < -0.3 is 5.32 Å². The van der Waals surface area contributed by atoms with Crippen molar-refractivity contribution in [3.8, 4) is 0 Å². The van der Waals surface area contributed by atoms with Gasteiger partial charge in [-0.2, -0.15) is 5.10 Å². The summed E-state index contributed by atoms with van der Waals surface area (Å²) in [6, 6.07) is 3.31. The van der Waals surface area contributed by atoms with Gasteiger partial charge >= 0.3 is 0 Å². The van der Waals surface area contributed by atoms with E-state index in [1.807, 2.05) is 0 Å². The van der Waals surface area contributed by atoms with E-state index >= 15 is 0 Å². The molecule has 3 heteroatoms. The standard InChI is InChI=1S/C18H33N3/c1-6-15(7-2)21-12-10-14(20-21)13-17(19-5)16-9-8-11-18(16,3)4/h10,12,15-17,19H,6-9,11,13H2,1-5H3. The van der Waals surface area contributed by atoms with E-state index < -0.39 is 0 Å². The molecule has 1 aliphatic carbocycles. The largest absolute Gasteiger partial charge is 0.316 e. The summed E-state index contributed by atoms with van der Waals surface area (Å²) in [5.41, 5.74) is 1.70. The number of rotatable bonds is 7. The second kappa shape index (κ2) is 6.95. The molecule has 120 valence electrons. The van der Waals surface area contributed by atoms with E-state index in [1.54, 1.807) is 0 Å².